The molecule has 0 saturated heterocycles. The van der Waals surface area contributed by atoms with Crippen molar-refractivity contribution in [3.05, 3.63) is 102 Å². The van der Waals surface area contributed by atoms with Crippen LogP contribution in [0.15, 0.2) is 84.9 Å². The number of benzene rings is 3. The van der Waals surface area contributed by atoms with Crippen LogP contribution in [-0.2, 0) is 18.0 Å². The zero-order valence-corrected chi connectivity index (χ0v) is 16.3. The lowest BCUT2D eigenvalue weighted by Gasteiger charge is -2.14. The first-order valence-corrected chi connectivity index (χ1v) is 9.97. The molecule has 146 valence electrons. The number of carbonyl (C=O) groups is 1. The van der Waals surface area contributed by atoms with E-state index in [0.29, 0.717) is 24.7 Å². The molecule has 1 saturated carbocycles. The maximum atomic E-state index is 12.0. The van der Waals surface area contributed by atoms with Crippen molar-refractivity contribution >= 4 is 11.9 Å². The summed E-state index contributed by atoms with van der Waals surface area (Å²) in [6.07, 6.45) is 5.57. The van der Waals surface area contributed by atoms with Gasteiger partial charge in [0.1, 0.15) is 13.2 Å². The van der Waals surface area contributed by atoms with Crippen LogP contribution in [-0.4, -0.2) is 5.78 Å². The third kappa shape index (κ3) is 5.58. The van der Waals surface area contributed by atoms with Crippen LogP contribution in [0.4, 0.5) is 0 Å². The molecule has 0 unspecified atom stereocenters. The van der Waals surface area contributed by atoms with Crippen molar-refractivity contribution in [1.82, 2.24) is 0 Å². The monoisotopic (exact) mass is 384 g/mol. The van der Waals surface area contributed by atoms with Gasteiger partial charge in [0.25, 0.3) is 0 Å². The first-order valence-electron chi connectivity index (χ1n) is 9.97. The van der Waals surface area contributed by atoms with Crippen LogP contribution < -0.4 is 9.47 Å². The van der Waals surface area contributed by atoms with Crippen LogP contribution in [0.3, 0.4) is 0 Å². The Morgan fingerprint density at radius 3 is 1.97 bits per heavy atom. The molecule has 3 heteroatoms. The van der Waals surface area contributed by atoms with Gasteiger partial charge in [0.05, 0.1) is 0 Å². The van der Waals surface area contributed by atoms with E-state index in [4.69, 9.17) is 9.47 Å². The van der Waals surface area contributed by atoms with Crippen LogP contribution in [0.1, 0.15) is 29.5 Å². The molecule has 1 aliphatic carbocycles. The highest BCUT2D eigenvalue weighted by Crippen LogP contribution is 2.32. The molecule has 1 fully saturated rings. The van der Waals surface area contributed by atoms with Crippen molar-refractivity contribution in [2.24, 2.45) is 5.92 Å². The van der Waals surface area contributed by atoms with Crippen molar-refractivity contribution in [2.45, 2.75) is 26.1 Å². The lowest BCUT2D eigenvalue weighted by atomic mass is 10.1. The molecule has 29 heavy (non-hydrogen) atoms. The summed E-state index contributed by atoms with van der Waals surface area (Å²) in [6.45, 7) is 0.925. The Labute approximate surface area is 171 Å². The summed E-state index contributed by atoms with van der Waals surface area (Å²) < 4.78 is 12.1. The number of ketones is 1. The predicted molar refractivity (Wildman–Crippen MR) is 115 cm³/mol. The summed E-state index contributed by atoms with van der Waals surface area (Å²) in [4.78, 5) is 12.0. The fourth-order valence-corrected chi connectivity index (χ4v) is 3.01. The normalized spacial score (nSPS) is 13.4. The minimum absolute atomic E-state index is 0.209. The predicted octanol–water partition coefficient (Wildman–Crippen LogP) is 5.84. The smallest absolute Gasteiger partial charge is 0.162 e. The highest BCUT2D eigenvalue weighted by Gasteiger charge is 2.27. The molecule has 3 nitrogen and oxygen atoms in total. The van der Waals surface area contributed by atoms with Crippen LogP contribution in [0.2, 0.25) is 0 Å². The molecule has 0 bridgehead atoms. The Kier molecular flexibility index (Phi) is 6.06. The Morgan fingerprint density at radius 1 is 0.793 bits per heavy atom. The van der Waals surface area contributed by atoms with Gasteiger partial charge in [-0.3, -0.25) is 4.79 Å². The molecule has 0 spiro atoms. The lowest BCUT2D eigenvalue weighted by Crippen LogP contribution is -2.01. The van der Waals surface area contributed by atoms with E-state index < -0.39 is 0 Å². The van der Waals surface area contributed by atoms with Crippen LogP contribution in [0.5, 0.6) is 11.5 Å². The minimum Gasteiger partial charge on any atom is -0.485 e. The summed E-state index contributed by atoms with van der Waals surface area (Å²) in [5.74, 6) is 1.80. The van der Waals surface area contributed by atoms with Gasteiger partial charge < -0.3 is 9.47 Å². The summed E-state index contributed by atoms with van der Waals surface area (Å²) in [5, 5.41) is 0. The molecule has 0 aromatic heterocycles. The largest absolute Gasteiger partial charge is 0.485 e. The van der Waals surface area contributed by atoms with Crippen molar-refractivity contribution in [3.63, 3.8) is 0 Å². The van der Waals surface area contributed by atoms with Crippen molar-refractivity contribution in [2.75, 3.05) is 0 Å². The average molecular weight is 384 g/mol. The molecule has 3 aromatic carbocycles. The molecular formula is C26H24O3. The average Bonchev–Trinajstić information content (AvgIpc) is 3.62. The Morgan fingerprint density at radius 2 is 1.38 bits per heavy atom. The van der Waals surface area contributed by atoms with E-state index in [0.717, 1.165) is 29.5 Å². The van der Waals surface area contributed by atoms with Gasteiger partial charge in [0.15, 0.2) is 17.3 Å². The minimum atomic E-state index is 0.209. The molecule has 0 radical (unpaired) electrons. The molecule has 0 amide bonds. The quantitative estimate of drug-likeness (QED) is 0.435. The first-order chi connectivity index (χ1) is 14.3. The number of hydrogen-bond acceptors (Lipinski definition) is 3. The Balaban J connectivity index is 1.50. The first kappa shape index (κ1) is 19.0. The molecule has 4 rings (SSSR count). The van der Waals surface area contributed by atoms with E-state index in [1.54, 1.807) is 6.08 Å². The molecule has 0 atom stereocenters. The van der Waals surface area contributed by atoms with E-state index in [1.807, 2.05) is 84.9 Å². The van der Waals surface area contributed by atoms with Gasteiger partial charge in [0.2, 0.25) is 0 Å². The van der Waals surface area contributed by atoms with Gasteiger partial charge in [-0.05, 0) is 47.7 Å². The third-order valence-corrected chi connectivity index (χ3v) is 4.86. The van der Waals surface area contributed by atoms with Gasteiger partial charge >= 0.3 is 0 Å². The lowest BCUT2D eigenvalue weighted by molar-refractivity contribution is -0.115. The van der Waals surface area contributed by atoms with Gasteiger partial charge in [-0.1, -0.05) is 72.8 Å². The maximum Gasteiger partial charge on any atom is 0.162 e. The van der Waals surface area contributed by atoms with Gasteiger partial charge in [-0.15, -0.1) is 0 Å². The second-order valence-corrected chi connectivity index (χ2v) is 7.26. The van der Waals surface area contributed by atoms with Gasteiger partial charge in [0, 0.05) is 5.92 Å². The molecule has 0 aliphatic heterocycles. The number of allylic oxidation sites excluding steroid dienone is 1. The van der Waals surface area contributed by atoms with Gasteiger partial charge in [-0.2, -0.15) is 0 Å². The SMILES string of the molecule is O=C(C=Cc1ccc(OCc2ccccc2)c(OCc2ccccc2)c1)C1CC1. The van der Waals surface area contributed by atoms with Crippen LogP contribution in [0.25, 0.3) is 6.08 Å². The van der Waals surface area contributed by atoms with Crippen LogP contribution in [0, 0.1) is 5.92 Å². The number of rotatable bonds is 9. The topological polar surface area (TPSA) is 35.5 Å². The van der Waals surface area contributed by atoms with Crippen LogP contribution >= 0.6 is 0 Å². The zero-order chi connectivity index (χ0) is 19.9. The summed E-state index contributed by atoms with van der Waals surface area (Å²) in [6, 6.07) is 25.9. The van der Waals surface area contributed by atoms with Gasteiger partial charge in [-0.25, -0.2) is 0 Å². The van der Waals surface area contributed by atoms with Crippen molar-refractivity contribution in [1.29, 1.82) is 0 Å². The van der Waals surface area contributed by atoms with Crippen molar-refractivity contribution < 1.29 is 14.3 Å². The zero-order valence-electron chi connectivity index (χ0n) is 16.3. The second kappa shape index (κ2) is 9.24. The van der Waals surface area contributed by atoms with E-state index in [1.165, 1.54) is 0 Å². The highest BCUT2D eigenvalue weighted by atomic mass is 16.5. The molecule has 3 aromatic rings. The fourth-order valence-electron chi connectivity index (χ4n) is 3.01. The van der Waals surface area contributed by atoms with E-state index in [2.05, 4.69) is 0 Å². The van der Waals surface area contributed by atoms with E-state index >= 15 is 0 Å². The highest BCUT2D eigenvalue weighted by molar-refractivity contribution is 5.96. The molecular weight excluding hydrogens is 360 g/mol. The van der Waals surface area contributed by atoms with E-state index in [-0.39, 0.29) is 11.7 Å². The second-order valence-electron chi connectivity index (χ2n) is 7.26. The number of hydrogen-bond donors (Lipinski definition) is 0. The Bertz CT molecular complexity index is 973. The van der Waals surface area contributed by atoms with Crippen molar-refractivity contribution in [3.8, 4) is 11.5 Å². The maximum absolute atomic E-state index is 12.0. The summed E-state index contributed by atoms with van der Waals surface area (Å²) >= 11 is 0. The number of ether oxygens (including phenoxy) is 2. The summed E-state index contributed by atoms with van der Waals surface area (Å²) in [7, 11) is 0. The molecule has 0 heterocycles. The standard InChI is InChI=1S/C26H24O3/c27-24(23-13-14-23)15-11-20-12-16-25(28-18-21-7-3-1-4-8-21)26(17-20)29-19-22-9-5-2-6-10-22/h1-12,15-17,23H,13-14,18-19H2. The fraction of sp³-hybridized carbons (Fsp3) is 0.192. The third-order valence-electron chi connectivity index (χ3n) is 4.86. The Hall–Kier alpha value is -3.33. The molecule has 1 aliphatic rings. The van der Waals surface area contributed by atoms with E-state index in [9.17, 15) is 4.79 Å². The number of carbonyl (C=O) groups excluding carboxylic acids is 1. The summed E-state index contributed by atoms with van der Waals surface area (Å²) in [5.41, 5.74) is 3.11. The molecule has 0 N–H and O–H groups in total.